The zero-order valence-electron chi connectivity index (χ0n) is 14.4. The van der Waals surface area contributed by atoms with Gasteiger partial charge in [0.1, 0.15) is 11.9 Å². The molecule has 25 heavy (non-hydrogen) atoms. The van der Waals surface area contributed by atoms with Gasteiger partial charge in [-0.1, -0.05) is 24.3 Å². The molecular formula is C20H24N2O3. The number of benzene rings is 2. The number of ether oxygens (including phenoxy) is 1. The molecule has 1 amide bonds. The summed E-state index contributed by atoms with van der Waals surface area (Å²) < 4.78 is 5.41. The molecule has 1 aliphatic rings. The summed E-state index contributed by atoms with van der Waals surface area (Å²) in [5, 5.41) is 15.9. The SMILES string of the molecule is C[C@H](NCc1cccc(NC(=O)[C@H]2CCCO2)c1)c1cccc(O)c1. The molecule has 0 aromatic heterocycles. The molecule has 0 spiro atoms. The lowest BCUT2D eigenvalue weighted by Crippen LogP contribution is -2.27. The Hall–Kier alpha value is -2.37. The second-order valence-electron chi connectivity index (χ2n) is 6.39. The zero-order valence-corrected chi connectivity index (χ0v) is 14.4. The molecule has 3 N–H and O–H groups in total. The number of phenols is 1. The number of rotatable bonds is 6. The van der Waals surface area contributed by atoms with Crippen molar-refractivity contribution in [2.24, 2.45) is 0 Å². The Balaban J connectivity index is 1.57. The van der Waals surface area contributed by atoms with Crippen molar-refractivity contribution < 1.29 is 14.6 Å². The van der Waals surface area contributed by atoms with Gasteiger partial charge in [-0.25, -0.2) is 0 Å². The number of phenolic OH excluding ortho intramolecular Hbond substituents is 1. The topological polar surface area (TPSA) is 70.6 Å². The molecule has 0 radical (unpaired) electrons. The molecule has 2 aromatic rings. The van der Waals surface area contributed by atoms with E-state index in [4.69, 9.17) is 4.74 Å². The van der Waals surface area contributed by atoms with Gasteiger partial charge in [-0.2, -0.15) is 0 Å². The van der Waals surface area contributed by atoms with Crippen molar-refractivity contribution in [2.45, 2.75) is 38.5 Å². The maximum atomic E-state index is 12.1. The van der Waals surface area contributed by atoms with Gasteiger partial charge in [0.05, 0.1) is 0 Å². The fourth-order valence-corrected chi connectivity index (χ4v) is 2.95. The molecule has 5 nitrogen and oxygen atoms in total. The van der Waals surface area contributed by atoms with E-state index in [0.29, 0.717) is 13.2 Å². The van der Waals surface area contributed by atoms with Crippen molar-refractivity contribution in [3.05, 3.63) is 59.7 Å². The number of amides is 1. The van der Waals surface area contributed by atoms with E-state index >= 15 is 0 Å². The van der Waals surface area contributed by atoms with Gasteiger partial charge in [-0.15, -0.1) is 0 Å². The van der Waals surface area contributed by atoms with Crippen molar-refractivity contribution in [3.63, 3.8) is 0 Å². The van der Waals surface area contributed by atoms with E-state index in [0.717, 1.165) is 29.7 Å². The van der Waals surface area contributed by atoms with Crippen LogP contribution in [0, 0.1) is 0 Å². The summed E-state index contributed by atoms with van der Waals surface area (Å²) in [4.78, 5) is 12.1. The highest BCUT2D eigenvalue weighted by Gasteiger charge is 2.23. The van der Waals surface area contributed by atoms with Crippen molar-refractivity contribution in [1.29, 1.82) is 0 Å². The Morgan fingerprint density at radius 3 is 2.88 bits per heavy atom. The lowest BCUT2D eigenvalue weighted by atomic mass is 10.1. The number of nitrogens with one attached hydrogen (secondary N) is 2. The Morgan fingerprint density at radius 1 is 1.28 bits per heavy atom. The minimum Gasteiger partial charge on any atom is -0.508 e. The third-order valence-electron chi connectivity index (χ3n) is 4.40. The average molecular weight is 340 g/mol. The number of hydrogen-bond donors (Lipinski definition) is 3. The molecule has 0 saturated carbocycles. The number of carbonyl (C=O) groups excluding carboxylic acids is 1. The highest BCUT2D eigenvalue weighted by atomic mass is 16.5. The second kappa shape index (κ2) is 8.14. The number of carbonyl (C=O) groups is 1. The van der Waals surface area contributed by atoms with Gasteiger partial charge in [0.2, 0.25) is 0 Å². The molecule has 0 aliphatic carbocycles. The number of aromatic hydroxyl groups is 1. The van der Waals surface area contributed by atoms with E-state index in [1.165, 1.54) is 0 Å². The molecule has 3 rings (SSSR count). The predicted octanol–water partition coefficient (Wildman–Crippen LogP) is 3.36. The van der Waals surface area contributed by atoms with Gasteiger partial charge >= 0.3 is 0 Å². The summed E-state index contributed by atoms with van der Waals surface area (Å²) >= 11 is 0. The van der Waals surface area contributed by atoms with Crippen molar-refractivity contribution >= 4 is 11.6 Å². The van der Waals surface area contributed by atoms with Gasteiger partial charge in [0, 0.05) is 24.9 Å². The van der Waals surface area contributed by atoms with E-state index in [-0.39, 0.29) is 23.8 Å². The molecule has 1 heterocycles. The van der Waals surface area contributed by atoms with Gasteiger partial charge in [0.25, 0.3) is 5.91 Å². The molecule has 0 unspecified atom stereocenters. The highest BCUT2D eigenvalue weighted by molar-refractivity contribution is 5.94. The van der Waals surface area contributed by atoms with Crippen LogP contribution in [0.1, 0.15) is 36.9 Å². The van der Waals surface area contributed by atoms with E-state index in [9.17, 15) is 9.90 Å². The third-order valence-corrected chi connectivity index (χ3v) is 4.40. The summed E-state index contributed by atoms with van der Waals surface area (Å²) in [6, 6.07) is 15.2. The molecule has 1 fully saturated rings. The lowest BCUT2D eigenvalue weighted by Gasteiger charge is -2.15. The Labute approximate surface area is 148 Å². The normalized spacial score (nSPS) is 18.0. The van der Waals surface area contributed by atoms with Crippen LogP contribution < -0.4 is 10.6 Å². The van der Waals surface area contributed by atoms with Gasteiger partial charge in [-0.3, -0.25) is 4.79 Å². The van der Waals surface area contributed by atoms with E-state index < -0.39 is 0 Å². The lowest BCUT2D eigenvalue weighted by molar-refractivity contribution is -0.124. The summed E-state index contributed by atoms with van der Waals surface area (Å²) in [5.41, 5.74) is 2.89. The molecule has 5 heteroatoms. The minimum atomic E-state index is -0.326. The highest BCUT2D eigenvalue weighted by Crippen LogP contribution is 2.19. The van der Waals surface area contributed by atoms with Crippen LogP contribution in [0.15, 0.2) is 48.5 Å². The molecule has 0 bridgehead atoms. The Morgan fingerprint density at radius 2 is 2.12 bits per heavy atom. The predicted molar refractivity (Wildman–Crippen MR) is 97.4 cm³/mol. The van der Waals surface area contributed by atoms with E-state index in [1.807, 2.05) is 36.4 Å². The van der Waals surface area contributed by atoms with Crippen LogP contribution in [0.2, 0.25) is 0 Å². The van der Waals surface area contributed by atoms with Crippen molar-refractivity contribution in [3.8, 4) is 5.75 Å². The molecule has 1 saturated heterocycles. The van der Waals surface area contributed by atoms with Gasteiger partial charge < -0.3 is 20.5 Å². The Bertz CT molecular complexity index is 726. The van der Waals surface area contributed by atoms with Crippen LogP contribution in [0.3, 0.4) is 0 Å². The van der Waals surface area contributed by atoms with Crippen LogP contribution in [0.25, 0.3) is 0 Å². The Kier molecular flexibility index (Phi) is 5.68. The molecule has 132 valence electrons. The first-order valence-corrected chi connectivity index (χ1v) is 8.65. The smallest absolute Gasteiger partial charge is 0.253 e. The summed E-state index contributed by atoms with van der Waals surface area (Å²) in [6.45, 7) is 3.38. The zero-order chi connectivity index (χ0) is 17.6. The maximum Gasteiger partial charge on any atom is 0.253 e. The molecule has 2 aromatic carbocycles. The van der Waals surface area contributed by atoms with Crippen LogP contribution >= 0.6 is 0 Å². The van der Waals surface area contributed by atoms with Crippen LogP contribution in [0.5, 0.6) is 5.75 Å². The molecule has 2 atom stereocenters. The molecule has 1 aliphatic heterocycles. The summed E-state index contributed by atoms with van der Waals surface area (Å²) in [5.74, 6) is 0.195. The maximum absolute atomic E-state index is 12.1. The van der Waals surface area contributed by atoms with Crippen molar-refractivity contribution in [1.82, 2.24) is 5.32 Å². The fourth-order valence-electron chi connectivity index (χ4n) is 2.95. The van der Waals surface area contributed by atoms with E-state index in [1.54, 1.807) is 12.1 Å². The van der Waals surface area contributed by atoms with Crippen molar-refractivity contribution in [2.75, 3.05) is 11.9 Å². The molecular weight excluding hydrogens is 316 g/mol. The largest absolute Gasteiger partial charge is 0.508 e. The summed E-state index contributed by atoms with van der Waals surface area (Å²) in [6.07, 6.45) is 1.40. The number of hydrogen-bond acceptors (Lipinski definition) is 4. The summed E-state index contributed by atoms with van der Waals surface area (Å²) in [7, 11) is 0. The van der Waals surface area contributed by atoms with E-state index in [2.05, 4.69) is 17.6 Å². The first-order chi connectivity index (χ1) is 12.1. The van der Waals surface area contributed by atoms with Crippen LogP contribution in [0.4, 0.5) is 5.69 Å². The fraction of sp³-hybridized carbons (Fsp3) is 0.350. The number of anilines is 1. The quantitative estimate of drug-likeness (QED) is 0.754. The van der Waals surface area contributed by atoms with Crippen LogP contribution in [-0.4, -0.2) is 23.7 Å². The monoisotopic (exact) mass is 340 g/mol. The van der Waals surface area contributed by atoms with Gasteiger partial charge in [0.15, 0.2) is 0 Å². The average Bonchev–Trinajstić information content (AvgIpc) is 3.15. The first kappa shape index (κ1) is 17.5. The second-order valence-corrected chi connectivity index (χ2v) is 6.39. The third kappa shape index (κ3) is 4.81. The first-order valence-electron chi connectivity index (χ1n) is 8.65. The van der Waals surface area contributed by atoms with Gasteiger partial charge in [-0.05, 0) is 55.2 Å². The minimum absolute atomic E-state index is 0.0734. The van der Waals surface area contributed by atoms with Crippen LogP contribution in [-0.2, 0) is 16.1 Å². The standard InChI is InChI=1S/C20H24N2O3/c1-14(16-6-3-8-18(23)12-16)21-13-15-5-2-7-17(11-15)22-20(24)19-9-4-10-25-19/h2-3,5-8,11-12,14,19,21,23H,4,9-10,13H2,1H3,(H,22,24)/t14-,19+/m0/s1.